The summed E-state index contributed by atoms with van der Waals surface area (Å²) >= 11 is 1.65. The lowest BCUT2D eigenvalue weighted by Gasteiger charge is -2.11. The van der Waals surface area contributed by atoms with E-state index in [0.717, 1.165) is 5.75 Å². The third kappa shape index (κ3) is 2.42. The number of carbonyl (C=O) groups is 2. The van der Waals surface area contributed by atoms with Gasteiger partial charge in [0.2, 0.25) is 5.91 Å². The number of rotatable bonds is 2. The van der Waals surface area contributed by atoms with Gasteiger partial charge < -0.3 is 10.0 Å². The number of carboxylic acids is 1. The first kappa shape index (κ1) is 8.39. The van der Waals surface area contributed by atoms with Crippen LogP contribution in [0.4, 0.5) is 0 Å². The summed E-state index contributed by atoms with van der Waals surface area (Å²) in [5.41, 5.74) is 0. The van der Waals surface area contributed by atoms with Gasteiger partial charge in [0.05, 0.1) is 5.88 Å². The molecule has 0 atom stereocenters. The Morgan fingerprint density at radius 3 is 2.73 bits per heavy atom. The van der Waals surface area contributed by atoms with Crippen LogP contribution < -0.4 is 0 Å². The van der Waals surface area contributed by atoms with Crippen LogP contribution in [-0.2, 0) is 9.59 Å². The van der Waals surface area contributed by atoms with Crippen LogP contribution in [0.25, 0.3) is 0 Å². The molecule has 4 nitrogen and oxygen atoms in total. The molecule has 1 amide bonds. The van der Waals surface area contributed by atoms with Crippen molar-refractivity contribution in [2.75, 3.05) is 18.2 Å². The van der Waals surface area contributed by atoms with Gasteiger partial charge in [-0.3, -0.25) is 9.59 Å². The molecule has 1 aliphatic heterocycles. The number of amides is 1. The Hall–Kier alpha value is -0.710. The second-order valence-corrected chi connectivity index (χ2v) is 3.34. The van der Waals surface area contributed by atoms with Crippen LogP contribution in [-0.4, -0.2) is 40.1 Å². The van der Waals surface area contributed by atoms with Crippen LogP contribution in [0.5, 0.6) is 0 Å². The van der Waals surface area contributed by atoms with Gasteiger partial charge in [-0.2, -0.15) is 0 Å². The average Bonchev–Trinajstić information content (AvgIpc) is 2.35. The molecule has 1 aliphatic rings. The minimum absolute atomic E-state index is 0.275. The first-order valence-corrected chi connectivity index (χ1v) is 4.43. The zero-order valence-electron chi connectivity index (χ0n) is 5.95. The molecule has 62 valence electrons. The van der Waals surface area contributed by atoms with Crippen LogP contribution in [0.3, 0.4) is 0 Å². The smallest absolute Gasteiger partial charge is 0.312 e. The summed E-state index contributed by atoms with van der Waals surface area (Å²) in [4.78, 5) is 22.7. The third-order valence-electron chi connectivity index (χ3n) is 1.41. The highest BCUT2D eigenvalue weighted by Crippen LogP contribution is 2.13. The van der Waals surface area contributed by atoms with Gasteiger partial charge in [0.15, 0.2) is 0 Å². The Bertz CT molecular complexity index is 177. The van der Waals surface area contributed by atoms with E-state index in [1.807, 2.05) is 0 Å². The number of hydrogen-bond acceptors (Lipinski definition) is 3. The van der Waals surface area contributed by atoms with Crippen molar-refractivity contribution in [3.8, 4) is 0 Å². The molecular formula is C6H9NO3S. The molecular weight excluding hydrogens is 166 g/mol. The van der Waals surface area contributed by atoms with Crippen LogP contribution in [0.1, 0.15) is 6.42 Å². The van der Waals surface area contributed by atoms with Crippen molar-refractivity contribution < 1.29 is 14.7 Å². The predicted molar refractivity (Wildman–Crippen MR) is 41.3 cm³/mol. The second kappa shape index (κ2) is 3.61. The standard InChI is InChI=1S/C6H9NO3S/c8-5(3-6(9)10)7-1-2-11-4-7/h1-4H2,(H,9,10). The van der Waals surface area contributed by atoms with Crippen LogP contribution >= 0.6 is 11.8 Å². The van der Waals surface area contributed by atoms with E-state index in [9.17, 15) is 9.59 Å². The highest BCUT2D eigenvalue weighted by Gasteiger charge is 2.19. The molecule has 1 N–H and O–H groups in total. The molecule has 0 radical (unpaired) electrons. The minimum Gasteiger partial charge on any atom is -0.481 e. The van der Waals surface area contributed by atoms with Crippen molar-refractivity contribution in [1.29, 1.82) is 0 Å². The van der Waals surface area contributed by atoms with Crippen molar-refractivity contribution in [3.05, 3.63) is 0 Å². The van der Waals surface area contributed by atoms with Gasteiger partial charge in [-0.1, -0.05) is 0 Å². The van der Waals surface area contributed by atoms with Gasteiger partial charge in [-0.15, -0.1) is 11.8 Å². The quantitative estimate of drug-likeness (QED) is 0.600. The topological polar surface area (TPSA) is 57.6 Å². The van der Waals surface area contributed by atoms with E-state index >= 15 is 0 Å². The fourth-order valence-corrected chi connectivity index (χ4v) is 1.82. The molecule has 0 spiro atoms. The van der Waals surface area contributed by atoms with Crippen molar-refractivity contribution in [1.82, 2.24) is 4.90 Å². The monoisotopic (exact) mass is 175 g/mol. The maximum Gasteiger partial charge on any atom is 0.312 e. The number of hydrogen-bond donors (Lipinski definition) is 1. The number of aliphatic carboxylic acids is 1. The van der Waals surface area contributed by atoms with Crippen LogP contribution in [0.2, 0.25) is 0 Å². The first-order valence-electron chi connectivity index (χ1n) is 3.27. The Labute approximate surface area is 68.6 Å². The molecule has 5 heteroatoms. The fraction of sp³-hybridized carbons (Fsp3) is 0.667. The second-order valence-electron chi connectivity index (χ2n) is 2.27. The van der Waals surface area contributed by atoms with Crippen molar-refractivity contribution in [3.63, 3.8) is 0 Å². The summed E-state index contributed by atoms with van der Waals surface area (Å²) < 4.78 is 0. The Morgan fingerprint density at radius 2 is 2.27 bits per heavy atom. The summed E-state index contributed by atoms with van der Waals surface area (Å²) in [6.45, 7) is 0.691. The largest absolute Gasteiger partial charge is 0.481 e. The number of thioether (sulfide) groups is 1. The molecule has 11 heavy (non-hydrogen) atoms. The van der Waals surface area contributed by atoms with Crippen LogP contribution in [0, 0.1) is 0 Å². The van der Waals surface area contributed by atoms with E-state index < -0.39 is 5.97 Å². The Morgan fingerprint density at radius 1 is 1.55 bits per heavy atom. The lowest BCUT2D eigenvalue weighted by atomic mass is 10.4. The lowest BCUT2D eigenvalue weighted by molar-refractivity contribution is -0.143. The molecule has 0 bridgehead atoms. The van der Waals surface area contributed by atoms with Gasteiger partial charge >= 0.3 is 5.97 Å². The zero-order chi connectivity index (χ0) is 8.27. The van der Waals surface area contributed by atoms with E-state index in [4.69, 9.17) is 5.11 Å². The molecule has 0 aromatic carbocycles. The zero-order valence-corrected chi connectivity index (χ0v) is 6.76. The van der Waals surface area contributed by atoms with Gasteiger partial charge in [0.25, 0.3) is 0 Å². The van der Waals surface area contributed by atoms with Crippen molar-refractivity contribution in [2.24, 2.45) is 0 Å². The maximum absolute atomic E-state index is 11.0. The molecule has 0 saturated carbocycles. The van der Waals surface area contributed by atoms with Crippen LogP contribution in [0.15, 0.2) is 0 Å². The molecule has 0 aromatic rings. The highest BCUT2D eigenvalue weighted by atomic mass is 32.2. The minimum atomic E-state index is -1.05. The summed E-state index contributed by atoms with van der Waals surface area (Å²) in [5.74, 6) is 0.242. The fourth-order valence-electron chi connectivity index (χ4n) is 0.852. The van der Waals surface area contributed by atoms with Gasteiger partial charge in [-0.05, 0) is 0 Å². The normalized spacial score (nSPS) is 16.9. The van der Waals surface area contributed by atoms with Gasteiger partial charge in [0.1, 0.15) is 6.42 Å². The molecule has 0 unspecified atom stereocenters. The average molecular weight is 175 g/mol. The number of carbonyl (C=O) groups excluding carboxylic acids is 1. The summed E-state index contributed by atoms with van der Waals surface area (Å²) in [6.07, 6.45) is -0.374. The van der Waals surface area contributed by atoms with E-state index in [1.165, 1.54) is 0 Å². The van der Waals surface area contributed by atoms with Crippen molar-refractivity contribution >= 4 is 23.6 Å². The summed E-state index contributed by atoms with van der Waals surface area (Å²) in [6, 6.07) is 0. The SMILES string of the molecule is O=C(O)CC(=O)N1CCSC1. The summed E-state index contributed by atoms with van der Waals surface area (Å²) in [7, 11) is 0. The molecule has 0 aromatic heterocycles. The predicted octanol–water partition coefficient (Wildman–Crippen LogP) is -0.00600. The molecule has 1 fully saturated rings. The Balaban J connectivity index is 2.34. The van der Waals surface area contributed by atoms with Gasteiger partial charge in [0, 0.05) is 12.3 Å². The Kier molecular flexibility index (Phi) is 2.76. The molecule has 1 saturated heterocycles. The summed E-state index contributed by atoms with van der Waals surface area (Å²) in [5, 5.41) is 8.29. The molecule has 1 heterocycles. The van der Waals surface area contributed by atoms with E-state index in [0.29, 0.717) is 12.4 Å². The van der Waals surface area contributed by atoms with E-state index in [-0.39, 0.29) is 12.3 Å². The lowest BCUT2D eigenvalue weighted by Crippen LogP contribution is -2.29. The van der Waals surface area contributed by atoms with Crippen molar-refractivity contribution in [2.45, 2.75) is 6.42 Å². The van der Waals surface area contributed by atoms with Gasteiger partial charge in [-0.25, -0.2) is 0 Å². The highest BCUT2D eigenvalue weighted by molar-refractivity contribution is 7.99. The maximum atomic E-state index is 11.0. The van der Waals surface area contributed by atoms with E-state index in [2.05, 4.69) is 0 Å². The molecule has 0 aliphatic carbocycles. The van der Waals surface area contributed by atoms with E-state index in [1.54, 1.807) is 16.7 Å². The molecule has 1 rings (SSSR count). The third-order valence-corrected chi connectivity index (χ3v) is 2.37. The number of nitrogens with zero attached hydrogens (tertiary/aromatic N) is 1. The number of carboxylic acid groups (broad SMARTS) is 1. The first-order chi connectivity index (χ1) is 5.20.